The molecule has 5 N–H and O–H groups in total. The maximum Gasteiger partial charge on any atom is 0.403 e. The Bertz CT molecular complexity index is 176. The lowest BCUT2D eigenvalue weighted by Gasteiger charge is -2.14. The van der Waals surface area contributed by atoms with Crippen LogP contribution in [0, 0.1) is 0 Å². The van der Waals surface area contributed by atoms with Crippen LogP contribution in [-0.4, -0.2) is 52.7 Å². The van der Waals surface area contributed by atoms with Gasteiger partial charge in [0.05, 0.1) is 19.8 Å². The molecule has 8 heteroatoms. The van der Waals surface area contributed by atoms with Crippen molar-refractivity contribution in [1.29, 1.82) is 0 Å². The van der Waals surface area contributed by atoms with Gasteiger partial charge >= 0.3 is 7.75 Å². The molecule has 0 aromatic carbocycles. The molecule has 13 heavy (non-hydrogen) atoms. The van der Waals surface area contributed by atoms with Crippen LogP contribution in [0.25, 0.3) is 0 Å². The van der Waals surface area contributed by atoms with Crippen molar-refractivity contribution in [2.24, 2.45) is 0 Å². The maximum absolute atomic E-state index is 10.9. The number of rotatable bonds is 7. The molecule has 0 spiro atoms. The third-order valence-electron chi connectivity index (χ3n) is 1.08. The molecule has 0 bridgehead atoms. The fourth-order valence-electron chi connectivity index (χ4n) is 0.477. The molecule has 80 valence electrons. The van der Waals surface area contributed by atoms with E-state index < -0.39 is 27.1 Å². The maximum atomic E-state index is 10.9. The van der Waals surface area contributed by atoms with Crippen LogP contribution in [0.1, 0.15) is 0 Å². The van der Waals surface area contributed by atoms with Crippen molar-refractivity contribution in [3.05, 3.63) is 0 Å². The van der Waals surface area contributed by atoms with E-state index in [1.807, 2.05) is 5.09 Å². The van der Waals surface area contributed by atoms with Gasteiger partial charge in [0.15, 0.2) is 0 Å². The second-order valence-corrected chi connectivity index (χ2v) is 3.90. The first-order valence-corrected chi connectivity index (χ1v) is 5.22. The minimum atomic E-state index is -3.96. The highest BCUT2D eigenvalue weighted by Crippen LogP contribution is 2.36. The summed E-state index contributed by atoms with van der Waals surface area (Å²) in [5.74, 6) is 0. The molecule has 0 fully saturated rings. The van der Waals surface area contributed by atoms with Gasteiger partial charge in [-0.1, -0.05) is 0 Å². The normalized spacial score (nSPS) is 18.2. The smallest absolute Gasteiger partial charge is 0.395 e. The van der Waals surface area contributed by atoms with Crippen LogP contribution in [-0.2, 0) is 9.09 Å². The number of hydrogen-bond donors (Lipinski definition) is 5. The van der Waals surface area contributed by atoms with E-state index in [1.165, 1.54) is 0 Å². The van der Waals surface area contributed by atoms with E-state index in [2.05, 4.69) is 4.52 Å². The molecule has 0 rings (SSSR count). The standard InChI is InChI=1S/C5H14NO6P/c7-2-1-6-13(10,11)12-4-5(9)3-8/h5,7-9H,1-4H2,(H2,6,10,11)/t5-/m1/s1. The summed E-state index contributed by atoms with van der Waals surface area (Å²) >= 11 is 0. The van der Waals surface area contributed by atoms with Crippen molar-refractivity contribution in [1.82, 2.24) is 5.09 Å². The van der Waals surface area contributed by atoms with Gasteiger partial charge in [-0.25, -0.2) is 9.65 Å². The summed E-state index contributed by atoms with van der Waals surface area (Å²) in [6.45, 7) is -1.36. The predicted molar refractivity (Wildman–Crippen MR) is 44.0 cm³/mol. The van der Waals surface area contributed by atoms with E-state index in [0.29, 0.717) is 0 Å². The van der Waals surface area contributed by atoms with Gasteiger partial charge in [-0.15, -0.1) is 0 Å². The summed E-state index contributed by atoms with van der Waals surface area (Å²) in [5.41, 5.74) is 0. The van der Waals surface area contributed by atoms with Crippen molar-refractivity contribution in [2.45, 2.75) is 6.10 Å². The van der Waals surface area contributed by atoms with Crippen LogP contribution in [0.15, 0.2) is 0 Å². The third-order valence-corrected chi connectivity index (χ3v) is 2.20. The van der Waals surface area contributed by atoms with E-state index in [-0.39, 0.29) is 13.2 Å². The Kier molecular flexibility index (Phi) is 6.44. The Morgan fingerprint density at radius 1 is 1.46 bits per heavy atom. The fourth-order valence-corrected chi connectivity index (χ4v) is 1.32. The molecule has 0 heterocycles. The van der Waals surface area contributed by atoms with Gasteiger partial charge in [-0.2, -0.15) is 0 Å². The lowest BCUT2D eigenvalue weighted by Crippen LogP contribution is -2.22. The summed E-state index contributed by atoms with van der Waals surface area (Å²) in [5, 5.41) is 27.5. The first kappa shape index (κ1) is 13.0. The molecule has 0 aliphatic heterocycles. The molecule has 0 amide bonds. The van der Waals surface area contributed by atoms with E-state index >= 15 is 0 Å². The van der Waals surface area contributed by atoms with Gasteiger partial charge in [-0.05, 0) is 0 Å². The Hall–Kier alpha value is -0.0100. The molecule has 0 aliphatic carbocycles. The molecular formula is C5H14NO6P. The van der Waals surface area contributed by atoms with E-state index in [1.54, 1.807) is 0 Å². The molecule has 1 unspecified atom stereocenters. The summed E-state index contributed by atoms with van der Waals surface area (Å²) in [6, 6.07) is 0. The van der Waals surface area contributed by atoms with Crippen LogP contribution < -0.4 is 5.09 Å². The Balaban J connectivity index is 3.68. The van der Waals surface area contributed by atoms with Crippen LogP contribution in [0.4, 0.5) is 0 Å². The van der Waals surface area contributed by atoms with Crippen molar-refractivity contribution < 1.29 is 29.3 Å². The quantitative estimate of drug-likeness (QED) is 0.313. The zero-order valence-corrected chi connectivity index (χ0v) is 7.85. The Morgan fingerprint density at radius 3 is 2.54 bits per heavy atom. The van der Waals surface area contributed by atoms with Crippen molar-refractivity contribution >= 4 is 7.75 Å². The molecule has 0 saturated heterocycles. The topological polar surface area (TPSA) is 119 Å². The molecule has 2 atom stereocenters. The third kappa shape index (κ3) is 7.09. The number of aliphatic hydroxyl groups excluding tert-OH is 3. The summed E-state index contributed by atoms with van der Waals surface area (Å²) in [6.07, 6.45) is -1.18. The number of nitrogens with one attached hydrogen (secondary N) is 1. The average molecular weight is 215 g/mol. The first-order valence-electron chi connectivity index (χ1n) is 3.64. The number of hydrogen-bond acceptors (Lipinski definition) is 5. The zero-order valence-electron chi connectivity index (χ0n) is 6.96. The molecule has 0 saturated carbocycles. The highest BCUT2D eigenvalue weighted by atomic mass is 31.2. The van der Waals surface area contributed by atoms with Crippen molar-refractivity contribution in [3.8, 4) is 0 Å². The van der Waals surface area contributed by atoms with Crippen LogP contribution in [0.2, 0.25) is 0 Å². The van der Waals surface area contributed by atoms with Gasteiger partial charge < -0.3 is 20.2 Å². The van der Waals surface area contributed by atoms with Gasteiger partial charge in [0.2, 0.25) is 0 Å². The van der Waals surface area contributed by atoms with E-state index in [0.717, 1.165) is 0 Å². The average Bonchev–Trinajstić information content (AvgIpc) is 2.11. The fraction of sp³-hybridized carbons (Fsp3) is 1.00. The van der Waals surface area contributed by atoms with Crippen molar-refractivity contribution in [2.75, 3.05) is 26.4 Å². The highest BCUT2D eigenvalue weighted by molar-refractivity contribution is 7.50. The van der Waals surface area contributed by atoms with Gasteiger partial charge in [0, 0.05) is 6.54 Å². The van der Waals surface area contributed by atoms with Crippen molar-refractivity contribution in [3.63, 3.8) is 0 Å². The lowest BCUT2D eigenvalue weighted by atomic mass is 10.4. The van der Waals surface area contributed by atoms with E-state index in [9.17, 15) is 4.57 Å². The summed E-state index contributed by atoms with van der Waals surface area (Å²) in [4.78, 5) is 8.91. The highest BCUT2D eigenvalue weighted by Gasteiger charge is 2.19. The number of aliphatic hydroxyl groups is 3. The Labute approximate surface area is 75.6 Å². The molecule has 0 aromatic heterocycles. The van der Waals surface area contributed by atoms with Crippen LogP contribution in [0.3, 0.4) is 0 Å². The van der Waals surface area contributed by atoms with Crippen LogP contribution >= 0.6 is 7.75 Å². The van der Waals surface area contributed by atoms with Crippen LogP contribution in [0.5, 0.6) is 0 Å². The molecule has 0 aromatic rings. The molecular weight excluding hydrogens is 201 g/mol. The van der Waals surface area contributed by atoms with Gasteiger partial charge in [0.25, 0.3) is 0 Å². The molecule has 7 nitrogen and oxygen atoms in total. The largest absolute Gasteiger partial charge is 0.403 e. The second kappa shape index (κ2) is 6.44. The minimum Gasteiger partial charge on any atom is -0.395 e. The van der Waals surface area contributed by atoms with E-state index in [4.69, 9.17) is 20.2 Å². The van der Waals surface area contributed by atoms with Gasteiger partial charge in [-0.3, -0.25) is 4.52 Å². The summed E-state index contributed by atoms with van der Waals surface area (Å²) in [7, 11) is -3.96. The molecule has 0 aliphatic rings. The zero-order chi connectivity index (χ0) is 10.3. The SMILES string of the molecule is O=P(O)(NCCO)OC[C@H](O)CO. The summed E-state index contributed by atoms with van der Waals surface area (Å²) < 4.78 is 15.3. The Morgan fingerprint density at radius 2 is 2.08 bits per heavy atom. The monoisotopic (exact) mass is 215 g/mol. The minimum absolute atomic E-state index is 0.0804. The first-order chi connectivity index (χ1) is 6.02. The lowest BCUT2D eigenvalue weighted by molar-refractivity contribution is 0.0484. The molecule has 0 radical (unpaired) electrons. The predicted octanol–water partition coefficient (Wildman–Crippen LogP) is -1.96. The second-order valence-electron chi connectivity index (χ2n) is 2.28. The van der Waals surface area contributed by atoms with Gasteiger partial charge in [0.1, 0.15) is 6.10 Å².